The standard InChI is InChI=1S/C19H31FN2O4Si/c1-18(2,3)25-17(23)22-16-12(20)11-14-15(21-16)13(9-10-24-14)26-27(7,8)19(4,5)6/h11,13H,9-10H2,1-8H3,(H,21,22,23). The van der Waals surface area contributed by atoms with Crippen LogP contribution in [0, 0.1) is 5.82 Å². The van der Waals surface area contributed by atoms with E-state index in [0.717, 1.165) is 0 Å². The molecule has 1 aromatic heterocycles. The minimum atomic E-state index is -2.06. The van der Waals surface area contributed by atoms with Crippen LogP contribution in [0.3, 0.4) is 0 Å². The number of nitrogens with zero attached hydrogens (tertiary/aromatic N) is 1. The van der Waals surface area contributed by atoms with Crippen LogP contribution in [0.4, 0.5) is 15.0 Å². The number of halogens is 1. The Hall–Kier alpha value is -1.67. The Balaban J connectivity index is 2.29. The van der Waals surface area contributed by atoms with Crippen LogP contribution < -0.4 is 10.1 Å². The third-order valence-corrected chi connectivity index (χ3v) is 9.26. The van der Waals surface area contributed by atoms with Crippen molar-refractivity contribution < 1.29 is 23.1 Å². The molecule has 152 valence electrons. The van der Waals surface area contributed by atoms with Crippen molar-refractivity contribution in [3.05, 3.63) is 17.6 Å². The van der Waals surface area contributed by atoms with Gasteiger partial charge >= 0.3 is 6.09 Å². The summed E-state index contributed by atoms with van der Waals surface area (Å²) >= 11 is 0. The van der Waals surface area contributed by atoms with Crippen LogP contribution in [0.15, 0.2) is 6.07 Å². The number of pyridine rings is 1. The summed E-state index contributed by atoms with van der Waals surface area (Å²) in [5.74, 6) is -0.498. The predicted molar refractivity (Wildman–Crippen MR) is 105 cm³/mol. The minimum absolute atomic E-state index is 0.0308. The summed E-state index contributed by atoms with van der Waals surface area (Å²) in [6.45, 7) is 16.4. The molecule has 8 heteroatoms. The summed E-state index contributed by atoms with van der Waals surface area (Å²) in [5.41, 5.74) is -0.176. The number of nitrogens with one attached hydrogen (secondary N) is 1. The van der Waals surface area contributed by atoms with Gasteiger partial charge in [0.25, 0.3) is 0 Å². The lowest BCUT2D eigenvalue weighted by molar-refractivity contribution is 0.0633. The van der Waals surface area contributed by atoms with Gasteiger partial charge < -0.3 is 13.9 Å². The van der Waals surface area contributed by atoms with Gasteiger partial charge in [-0.2, -0.15) is 0 Å². The molecule has 1 aromatic rings. The number of aromatic nitrogens is 1. The molecule has 0 bridgehead atoms. The summed E-state index contributed by atoms with van der Waals surface area (Å²) < 4.78 is 31.6. The van der Waals surface area contributed by atoms with Gasteiger partial charge in [-0.3, -0.25) is 5.32 Å². The summed E-state index contributed by atoms with van der Waals surface area (Å²) in [7, 11) is -2.06. The summed E-state index contributed by atoms with van der Waals surface area (Å²) in [5, 5.41) is 2.41. The highest BCUT2D eigenvalue weighted by molar-refractivity contribution is 6.74. The van der Waals surface area contributed by atoms with E-state index in [4.69, 9.17) is 13.9 Å². The first kappa shape index (κ1) is 21.6. The molecule has 1 atom stereocenters. The average molecular weight is 399 g/mol. The number of rotatable bonds is 3. The molecular weight excluding hydrogens is 367 g/mol. The van der Waals surface area contributed by atoms with Crippen molar-refractivity contribution in [3.63, 3.8) is 0 Å². The number of hydrogen-bond acceptors (Lipinski definition) is 5. The molecule has 27 heavy (non-hydrogen) atoms. The van der Waals surface area contributed by atoms with Gasteiger partial charge in [0.1, 0.15) is 17.0 Å². The van der Waals surface area contributed by atoms with E-state index in [1.807, 2.05) is 0 Å². The number of carbonyl (C=O) groups is 1. The van der Waals surface area contributed by atoms with Crippen LogP contribution in [-0.4, -0.2) is 31.6 Å². The van der Waals surface area contributed by atoms with E-state index in [9.17, 15) is 9.18 Å². The zero-order chi connectivity index (χ0) is 20.6. The normalized spacial score (nSPS) is 17.7. The molecule has 0 saturated carbocycles. The summed E-state index contributed by atoms with van der Waals surface area (Å²) in [6.07, 6.45) is -0.425. The molecule has 1 aliphatic heterocycles. The van der Waals surface area contributed by atoms with Gasteiger partial charge in [0.05, 0.1) is 12.7 Å². The third-order valence-electron chi connectivity index (χ3n) is 4.77. The minimum Gasteiger partial charge on any atom is -0.491 e. The highest BCUT2D eigenvalue weighted by atomic mass is 28.4. The molecule has 2 rings (SSSR count). The van der Waals surface area contributed by atoms with E-state index in [1.165, 1.54) is 6.07 Å². The van der Waals surface area contributed by atoms with Gasteiger partial charge in [0.15, 0.2) is 20.0 Å². The molecule has 1 unspecified atom stereocenters. The first-order valence-electron chi connectivity index (χ1n) is 9.21. The fourth-order valence-electron chi connectivity index (χ4n) is 2.38. The summed E-state index contributed by atoms with van der Waals surface area (Å²) in [6, 6.07) is 1.25. The van der Waals surface area contributed by atoms with E-state index >= 15 is 0 Å². The topological polar surface area (TPSA) is 69.7 Å². The highest BCUT2D eigenvalue weighted by Gasteiger charge is 2.41. The fraction of sp³-hybridized carbons (Fsp3) is 0.684. The molecule has 0 saturated heterocycles. The van der Waals surface area contributed by atoms with Crippen LogP contribution in [0.25, 0.3) is 0 Å². The van der Waals surface area contributed by atoms with Gasteiger partial charge in [-0.15, -0.1) is 0 Å². The van der Waals surface area contributed by atoms with E-state index in [1.54, 1.807) is 20.8 Å². The highest BCUT2D eigenvalue weighted by Crippen LogP contribution is 2.43. The van der Waals surface area contributed by atoms with Crippen molar-refractivity contribution in [1.82, 2.24) is 4.98 Å². The lowest BCUT2D eigenvalue weighted by Crippen LogP contribution is -2.42. The fourth-order valence-corrected chi connectivity index (χ4v) is 3.67. The monoisotopic (exact) mass is 398 g/mol. The second-order valence-corrected chi connectivity index (χ2v) is 14.1. The van der Waals surface area contributed by atoms with Crippen molar-refractivity contribution >= 4 is 20.2 Å². The van der Waals surface area contributed by atoms with Gasteiger partial charge in [-0.05, 0) is 38.9 Å². The Morgan fingerprint density at radius 3 is 2.48 bits per heavy atom. The van der Waals surface area contributed by atoms with Gasteiger partial charge in [-0.25, -0.2) is 14.2 Å². The Morgan fingerprint density at radius 1 is 1.30 bits per heavy atom. The van der Waals surface area contributed by atoms with E-state index in [0.29, 0.717) is 24.5 Å². The zero-order valence-electron chi connectivity index (χ0n) is 17.5. The number of amides is 1. The smallest absolute Gasteiger partial charge is 0.413 e. The third kappa shape index (κ3) is 5.41. The van der Waals surface area contributed by atoms with Gasteiger partial charge in [-0.1, -0.05) is 20.8 Å². The van der Waals surface area contributed by atoms with Gasteiger partial charge in [0, 0.05) is 12.5 Å². The molecule has 2 heterocycles. The van der Waals surface area contributed by atoms with Crippen molar-refractivity contribution in [2.75, 3.05) is 11.9 Å². The van der Waals surface area contributed by atoms with Gasteiger partial charge in [0.2, 0.25) is 0 Å². The Labute approximate surface area is 161 Å². The van der Waals surface area contributed by atoms with E-state index in [2.05, 4.69) is 44.2 Å². The first-order chi connectivity index (χ1) is 12.2. The molecule has 1 N–H and O–H groups in total. The maximum atomic E-state index is 14.4. The summed E-state index contributed by atoms with van der Waals surface area (Å²) in [4.78, 5) is 16.3. The maximum Gasteiger partial charge on any atom is 0.413 e. The second kappa shape index (κ2) is 7.39. The SMILES string of the molecule is CC(C)(C)OC(=O)Nc1nc2c(cc1F)OCCC2O[Si](C)(C)C(C)(C)C. The molecule has 0 spiro atoms. The van der Waals surface area contributed by atoms with Crippen LogP contribution in [0.1, 0.15) is 59.8 Å². The second-order valence-electron chi connectivity index (χ2n) is 9.33. The van der Waals surface area contributed by atoms with Crippen molar-refractivity contribution in [1.29, 1.82) is 0 Å². The molecule has 0 radical (unpaired) electrons. The number of hydrogen-bond donors (Lipinski definition) is 1. The molecular formula is C19H31FN2O4Si. The zero-order valence-corrected chi connectivity index (χ0v) is 18.5. The Bertz CT molecular complexity index is 711. The van der Waals surface area contributed by atoms with E-state index in [-0.39, 0.29) is 17.0 Å². The molecule has 0 aliphatic carbocycles. The number of anilines is 1. The molecule has 1 amide bonds. The number of fused-ring (bicyclic) bond motifs is 1. The lowest BCUT2D eigenvalue weighted by atomic mass is 10.1. The molecule has 1 aliphatic rings. The predicted octanol–water partition coefficient (Wildman–Crippen LogP) is 5.41. The molecule has 0 fully saturated rings. The van der Waals surface area contributed by atoms with Crippen LogP contribution in [-0.2, 0) is 9.16 Å². The van der Waals surface area contributed by atoms with Crippen molar-refractivity contribution in [2.45, 2.75) is 77.8 Å². The maximum absolute atomic E-state index is 14.4. The van der Waals surface area contributed by atoms with Crippen LogP contribution in [0.2, 0.25) is 18.1 Å². The van der Waals surface area contributed by atoms with Crippen molar-refractivity contribution in [2.24, 2.45) is 0 Å². The first-order valence-corrected chi connectivity index (χ1v) is 12.1. The van der Waals surface area contributed by atoms with Crippen LogP contribution >= 0.6 is 0 Å². The van der Waals surface area contributed by atoms with Crippen molar-refractivity contribution in [3.8, 4) is 5.75 Å². The molecule has 6 nitrogen and oxygen atoms in total. The number of carbonyl (C=O) groups excluding carboxylic acids is 1. The average Bonchev–Trinajstić information content (AvgIpc) is 2.45. The molecule has 0 aromatic carbocycles. The quantitative estimate of drug-likeness (QED) is 0.689. The Kier molecular flexibility index (Phi) is 5.92. The Morgan fingerprint density at radius 2 is 1.93 bits per heavy atom. The van der Waals surface area contributed by atoms with E-state index < -0.39 is 25.8 Å². The largest absolute Gasteiger partial charge is 0.491 e. The lowest BCUT2D eigenvalue weighted by Gasteiger charge is -2.40. The number of ether oxygens (including phenoxy) is 2. The van der Waals surface area contributed by atoms with Crippen LogP contribution in [0.5, 0.6) is 5.75 Å².